The molecule has 0 aromatic heterocycles. The van der Waals surface area contributed by atoms with Gasteiger partial charge in [0.15, 0.2) is 21.4 Å². The predicted molar refractivity (Wildman–Crippen MR) is 118 cm³/mol. The minimum Gasteiger partial charge on any atom is -0.457 e. The summed E-state index contributed by atoms with van der Waals surface area (Å²) < 4.78 is 41.3. The third-order valence-electron chi connectivity index (χ3n) is 3.86. The molecule has 2 aromatic carbocycles. The van der Waals surface area contributed by atoms with Gasteiger partial charge in [0.2, 0.25) is 0 Å². The highest BCUT2D eigenvalue weighted by molar-refractivity contribution is 7.92. The molecule has 30 heavy (non-hydrogen) atoms. The average molecular weight is 437 g/mol. The standard InChI is InChI=1S/C19H20O6S.2C2H6/c1-19(2)23-12-18(25-19)17(20)13-26(21,22)16-10-8-15(9-11-16)24-14-6-4-3-5-7-14;2*1-2/h3-11,18H,12-13H2,1-2H3;2*1-2H3/t18-;;/m1../s1. The first kappa shape index (κ1) is 25.8. The smallest absolute Gasteiger partial charge is 0.185 e. The first-order valence-electron chi connectivity index (χ1n) is 10.2. The number of para-hydroxylation sites is 1. The largest absolute Gasteiger partial charge is 0.457 e. The summed E-state index contributed by atoms with van der Waals surface area (Å²) in [6, 6.07) is 15.1. The molecular weight excluding hydrogens is 404 g/mol. The molecule has 1 saturated heterocycles. The first-order chi connectivity index (χ1) is 14.3. The Morgan fingerprint density at radius 3 is 2.00 bits per heavy atom. The van der Waals surface area contributed by atoms with Crippen LogP contribution in [0.5, 0.6) is 11.5 Å². The van der Waals surface area contributed by atoms with Crippen molar-refractivity contribution in [2.24, 2.45) is 0 Å². The van der Waals surface area contributed by atoms with Crippen molar-refractivity contribution in [3.63, 3.8) is 0 Å². The van der Waals surface area contributed by atoms with E-state index in [1.165, 1.54) is 12.1 Å². The number of rotatable bonds is 6. The van der Waals surface area contributed by atoms with E-state index >= 15 is 0 Å². The normalized spacial score (nSPS) is 17.1. The summed E-state index contributed by atoms with van der Waals surface area (Å²) in [7, 11) is -3.76. The molecule has 166 valence electrons. The van der Waals surface area contributed by atoms with E-state index in [9.17, 15) is 13.2 Å². The molecule has 0 unspecified atom stereocenters. The van der Waals surface area contributed by atoms with Gasteiger partial charge in [0.25, 0.3) is 0 Å². The van der Waals surface area contributed by atoms with Crippen molar-refractivity contribution < 1.29 is 27.4 Å². The van der Waals surface area contributed by atoms with E-state index in [1.54, 1.807) is 38.1 Å². The topological polar surface area (TPSA) is 78.9 Å². The molecule has 1 atom stereocenters. The van der Waals surface area contributed by atoms with Gasteiger partial charge in [-0.3, -0.25) is 4.79 Å². The van der Waals surface area contributed by atoms with Crippen LogP contribution in [0.15, 0.2) is 59.5 Å². The summed E-state index contributed by atoms with van der Waals surface area (Å²) in [5.74, 6) is -0.855. The zero-order chi connectivity index (χ0) is 22.8. The monoisotopic (exact) mass is 436 g/mol. The molecule has 0 radical (unpaired) electrons. The highest BCUT2D eigenvalue weighted by Gasteiger charge is 2.38. The lowest BCUT2D eigenvalue weighted by atomic mass is 10.3. The predicted octanol–water partition coefficient (Wildman–Crippen LogP) is 5.03. The molecule has 3 rings (SSSR count). The van der Waals surface area contributed by atoms with Crippen molar-refractivity contribution in [2.75, 3.05) is 12.4 Å². The molecule has 1 heterocycles. The minimum absolute atomic E-state index is 0.0597. The Labute approximate surface area is 180 Å². The van der Waals surface area contributed by atoms with E-state index in [1.807, 2.05) is 45.9 Å². The SMILES string of the molecule is CC.CC.CC1(C)OC[C@H](C(=O)CS(=O)(=O)c2ccc(Oc3ccccc3)cc2)O1. The highest BCUT2D eigenvalue weighted by atomic mass is 32.2. The van der Waals surface area contributed by atoms with Crippen LogP contribution in [0.1, 0.15) is 41.5 Å². The van der Waals surface area contributed by atoms with Crippen molar-refractivity contribution in [1.82, 2.24) is 0 Å². The second-order valence-electron chi connectivity index (χ2n) is 6.43. The Bertz CT molecular complexity index is 874. The van der Waals surface area contributed by atoms with E-state index in [0.717, 1.165) is 0 Å². The van der Waals surface area contributed by atoms with Crippen molar-refractivity contribution in [2.45, 2.75) is 58.3 Å². The molecule has 0 amide bonds. The summed E-state index contributed by atoms with van der Waals surface area (Å²) in [4.78, 5) is 12.3. The number of hydrogen-bond acceptors (Lipinski definition) is 6. The quantitative estimate of drug-likeness (QED) is 0.632. The van der Waals surface area contributed by atoms with Crippen LogP contribution in [0.3, 0.4) is 0 Å². The lowest BCUT2D eigenvalue weighted by Crippen LogP contribution is -2.31. The number of ketones is 1. The average Bonchev–Trinajstić information content (AvgIpc) is 3.12. The Morgan fingerprint density at radius 1 is 0.967 bits per heavy atom. The van der Waals surface area contributed by atoms with E-state index in [4.69, 9.17) is 14.2 Å². The van der Waals surface area contributed by atoms with Crippen molar-refractivity contribution in [3.8, 4) is 11.5 Å². The number of sulfone groups is 1. The number of hydrogen-bond donors (Lipinski definition) is 0. The number of ether oxygens (including phenoxy) is 3. The van der Waals surface area contributed by atoms with Crippen LogP contribution < -0.4 is 4.74 Å². The zero-order valence-electron chi connectivity index (χ0n) is 18.5. The number of benzene rings is 2. The van der Waals surface area contributed by atoms with Crippen LogP contribution in [0, 0.1) is 0 Å². The van der Waals surface area contributed by atoms with Gasteiger partial charge in [0, 0.05) is 0 Å². The molecule has 0 bridgehead atoms. The van der Waals surface area contributed by atoms with Crippen LogP contribution in [0.25, 0.3) is 0 Å². The summed E-state index contributed by atoms with van der Waals surface area (Å²) >= 11 is 0. The van der Waals surface area contributed by atoms with Crippen molar-refractivity contribution >= 4 is 15.6 Å². The number of Topliss-reactive ketones (excluding diaryl/α,β-unsaturated/α-hetero) is 1. The molecule has 0 N–H and O–H groups in total. The minimum atomic E-state index is -3.76. The van der Waals surface area contributed by atoms with Gasteiger partial charge in [-0.05, 0) is 50.2 Å². The van der Waals surface area contributed by atoms with Crippen molar-refractivity contribution in [1.29, 1.82) is 0 Å². The van der Waals surface area contributed by atoms with Gasteiger partial charge in [-0.2, -0.15) is 0 Å². The summed E-state index contributed by atoms with van der Waals surface area (Å²) in [6.07, 6.45) is -0.861. The van der Waals surface area contributed by atoms with Gasteiger partial charge < -0.3 is 14.2 Å². The first-order valence-corrected chi connectivity index (χ1v) is 11.8. The molecule has 6 nitrogen and oxygen atoms in total. The van der Waals surface area contributed by atoms with Crippen LogP contribution in [-0.2, 0) is 24.1 Å². The van der Waals surface area contributed by atoms with Crippen LogP contribution in [0.4, 0.5) is 0 Å². The zero-order valence-corrected chi connectivity index (χ0v) is 19.4. The molecule has 0 aliphatic carbocycles. The van der Waals surface area contributed by atoms with E-state index in [2.05, 4.69) is 0 Å². The van der Waals surface area contributed by atoms with Crippen molar-refractivity contribution in [3.05, 3.63) is 54.6 Å². The Kier molecular flexibility index (Phi) is 10.2. The fraction of sp³-hybridized carbons (Fsp3) is 0.435. The molecule has 0 saturated carbocycles. The van der Waals surface area contributed by atoms with Crippen LogP contribution in [0.2, 0.25) is 0 Å². The lowest BCUT2D eigenvalue weighted by Gasteiger charge is -2.16. The Balaban J connectivity index is 0.00000106. The molecule has 1 aliphatic rings. The molecular formula is C23H32O6S. The molecule has 1 fully saturated rings. The molecule has 7 heteroatoms. The van der Waals surface area contributed by atoms with Crippen LogP contribution in [-0.4, -0.2) is 38.5 Å². The summed E-state index contributed by atoms with van der Waals surface area (Å²) in [5.41, 5.74) is 0. The van der Waals surface area contributed by atoms with Gasteiger partial charge in [-0.25, -0.2) is 8.42 Å². The van der Waals surface area contributed by atoms with Gasteiger partial charge in [-0.15, -0.1) is 0 Å². The van der Waals surface area contributed by atoms with Gasteiger partial charge in [-0.1, -0.05) is 45.9 Å². The molecule has 1 aliphatic heterocycles. The van der Waals surface area contributed by atoms with E-state index in [-0.39, 0.29) is 11.5 Å². The maximum absolute atomic E-state index is 12.5. The molecule has 2 aromatic rings. The lowest BCUT2D eigenvalue weighted by molar-refractivity contribution is -0.150. The van der Waals surface area contributed by atoms with Gasteiger partial charge in [0.05, 0.1) is 11.5 Å². The third-order valence-corrected chi connectivity index (χ3v) is 5.52. The molecule has 0 spiro atoms. The second-order valence-corrected chi connectivity index (χ2v) is 8.42. The maximum atomic E-state index is 12.5. The van der Waals surface area contributed by atoms with Gasteiger partial charge >= 0.3 is 0 Å². The van der Waals surface area contributed by atoms with E-state index in [0.29, 0.717) is 11.5 Å². The Hall–Kier alpha value is -2.22. The maximum Gasteiger partial charge on any atom is 0.185 e. The van der Waals surface area contributed by atoms with E-state index < -0.39 is 33.3 Å². The highest BCUT2D eigenvalue weighted by Crippen LogP contribution is 2.25. The van der Waals surface area contributed by atoms with Crippen LogP contribution >= 0.6 is 0 Å². The fourth-order valence-electron chi connectivity index (χ4n) is 2.55. The summed E-state index contributed by atoms with van der Waals surface area (Å²) in [6.45, 7) is 11.4. The third kappa shape index (κ3) is 7.55. The summed E-state index contributed by atoms with van der Waals surface area (Å²) in [5, 5.41) is 0. The Morgan fingerprint density at radius 2 is 1.50 bits per heavy atom. The van der Waals surface area contributed by atoms with Gasteiger partial charge in [0.1, 0.15) is 23.4 Å². The second kappa shape index (κ2) is 11.8. The number of carbonyl (C=O) groups is 1. The number of carbonyl (C=O) groups excluding carboxylic acids is 1. The fourth-order valence-corrected chi connectivity index (χ4v) is 3.83.